The first-order chi connectivity index (χ1) is 5.34. The van der Waals surface area contributed by atoms with Gasteiger partial charge in [-0.1, -0.05) is 0 Å². The van der Waals surface area contributed by atoms with Crippen LogP contribution in [-0.4, -0.2) is 9.78 Å². The van der Waals surface area contributed by atoms with E-state index in [0.717, 1.165) is 8.30 Å². The Morgan fingerprint density at radius 3 is 2.00 bits per heavy atom. The third kappa shape index (κ3) is 2.14. The Balaban J connectivity index is 3.28. The molecule has 0 saturated carbocycles. The number of rotatable bonds is 0. The van der Waals surface area contributed by atoms with Crippen molar-refractivity contribution in [2.75, 3.05) is 0 Å². The van der Waals surface area contributed by atoms with E-state index in [1.807, 2.05) is 4.68 Å². The highest BCUT2D eigenvalue weighted by Crippen LogP contribution is 2.28. The summed E-state index contributed by atoms with van der Waals surface area (Å²) >= 11 is 8.06. The van der Waals surface area contributed by atoms with Crippen LogP contribution in [0.25, 0.3) is 0 Å². The van der Waals surface area contributed by atoms with Crippen LogP contribution in [0.15, 0.2) is 4.60 Å². The number of hydrogen-bond acceptors (Lipinski definition) is 1. The van der Waals surface area contributed by atoms with E-state index in [0.29, 0.717) is 0 Å². The molecule has 1 aromatic rings. The molecule has 68 valence electrons. The maximum Gasteiger partial charge on any atom is 0.137 e. The van der Waals surface area contributed by atoms with Crippen molar-refractivity contribution in [3.05, 3.63) is 11.9 Å². The predicted octanol–water partition coefficient (Wildman–Crippen LogP) is 3.61. The minimum absolute atomic E-state index is 0.0438. The maximum absolute atomic E-state index is 4.43. The third-order valence-corrected chi connectivity index (χ3v) is 5.65. The molecule has 1 aromatic heterocycles. The minimum atomic E-state index is 0.0438. The largest absolute Gasteiger partial charge is 0.251 e. The van der Waals surface area contributed by atoms with Gasteiger partial charge in [-0.3, -0.25) is 4.68 Å². The summed E-state index contributed by atoms with van der Waals surface area (Å²) < 4.78 is 5.30. The average Bonchev–Trinajstić information content (AvgIpc) is 2.15. The molecule has 1 rings (SSSR count). The second kappa shape index (κ2) is 3.72. The summed E-state index contributed by atoms with van der Waals surface area (Å²) in [6.45, 7) is 6.41. The number of hydrogen-bond donors (Lipinski definition) is 0. The summed E-state index contributed by atoms with van der Waals surface area (Å²) in [5, 5.41) is 4.43. The Hall–Kier alpha value is 1.15. The average molecular weight is 455 g/mol. The monoisotopic (exact) mass is 454 g/mol. The van der Waals surface area contributed by atoms with Gasteiger partial charge in [0.2, 0.25) is 0 Å². The van der Waals surface area contributed by atoms with Crippen LogP contribution in [0.1, 0.15) is 20.8 Å². The molecular formula is C7H9BrI2N2. The third-order valence-electron chi connectivity index (χ3n) is 1.37. The lowest BCUT2D eigenvalue weighted by Gasteiger charge is -2.20. The fourth-order valence-electron chi connectivity index (χ4n) is 0.798. The first-order valence-corrected chi connectivity index (χ1v) is 6.39. The van der Waals surface area contributed by atoms with Crippen LogP contribution in [0.4, 0.5) is 0 Å². The predicted molar refractivity (Wildman–Crippen MR) is 70.4 cm³/mol. The lowest BCUT2D eigenvalue weighted by molar-refractivity contribution is 0.347. The van der Waals surface area contributed by atoms with Crippen LogP contribution in [0, 0.1) is 7.27 Å². The highest BCUT2D eigenvalue weighted by atomic mass is 127. The number of nitrogens with zero attached hydrogens (tertiary/aromatic N) is 2. The summed E-state index contributed by atoms with van der Waals surface area (Å²) in [6, 6.07) is 0. The van der Waals surface area contributed by atoms with Gasteiger partial charge in [-0.2, -0.15) is 5.10 Å². The molecule has 0 saturated heterocycles. The van der Waals surface area contributed by atoms with E-state index >= 15 is 0 Å². The Bertz CT molecular complexity index is 301. The Morgan fingerprint density at radius 1 is 1.33 bits per heavy atom. The van der Waals surface area contributed by atoms with Gasteiger partial charge in [0, 0.05) is 0 Å². The van der Waals surface area contributed by atoms with Crippen LogP contribution < -0.4 is 0 Å². The second-order valence-electron chi connectivity index (χ2n) is 3.48. The lowest BCUT2D eigenvalue weighted by atomic mass is 10.1. The maximum atomic E-state index is 4.43. The van der Waals surface area contributed by atoms with Crippen molar-refractivity contribution in [1.82, 2.24) is 9.78 Å². The van der Waals surface area contributed by atoms with Gasteiger partial charge in [0.05, 0.1) is 9.11 Å². The van der Waals surface area contributed by atoms with E-state index in [4.69, 9.17) is 0 Å². The molecule has 0 aliphatic heterocycles. The van der Waals surface area contributed by atoms with Gasteiger partial charge in [-0.25, -0.2) is 0 Å². The summed E-state index contributed by atoms with van der Waals surface area (Å²) in [5.74, 6) is 0. The number of halogens is 3. The summed E-state index contributed by atoms with van der Waals surface area (Å²) in [6.07, 6.45) is 0. The Labute approximate surface area is 108 Å². The Morgan fingerprint density at radius 2 is 1.83 bits per heavy atom. The van der Waals surface area contributed by atoms with Crippen LogP contribution in [-0.2, 0) is 5.54 Å². The molecule has 0 aromatic carbocycles. The fraction of sp³-hybridized carbons (Fsp3) is 0.571. The molecule has 0 N–H and O–H groups in total. The fourth-order valence-corrected chi connectivity index (χ4v) is 2.78. The highest BCUT2D eigenvalue weighted by Gasteiger charge is 2.20. The van der Waals surface area contributed by atoms with Crippen molar-refractivity contribution < 1.29 is 0 Å². The zero-order valence-corrected chi connectivity index (χ0v) is 12.9. The van der Waals surface area contributed by atoms with E-state index in [1.54, 1.807) is 0 Å². The van der Waals surface area contributed by atoms with Gasteiger partial charge < -0.3 is 0 Å². The van der Waals surface area contributed by atoms with E-state index in [9.17, 15) is 0 Å². The zero-order valence-electron chi connectivity index (χ0n) is 7.03. The van der Waals surface area contributed by atoms with Crippen molar-refractivity contribution in [2.45, 2.75) is 26.3 Å². The first-order valence-electron chi connectivity index (χ1n) is 3.44. The van der Waals surface area contributed by atoms with Gasteiger partial charge >= 0.3 is 0 Å². The van der Waals surface area contributed by atoms with Crippen molar-refractivity contribution in [2.24, 2.45) is 0 Å². The molecule has 0 aliphatic rings. The molecule has 5 heteroatoms. The molecule has 0 amide bonds. The molecule has 0 unspecified atom stereocenters. The van der Waals surface area contributed by atoms with E-state index in [2.05, 4.69) is 87.0 Å². The molecule has 0 spiro atoms. The summed E-state index contributed by atoms with van der Waals surface area (Å²) in [4.78, 5) is 0. The molecule has 0 bridgehead atoms. The van der Waals surface area contributed by atoms with Gasteiger partial charge in [-0.05, 0) is 81.9 Å². The molecule has 12 heavy (non-hydrogen) atoms. The van der Waals surface area contributed by atoms with Gasteiger partial charge in [0.15, 0.2) is 0 Å². The van der Waals surface area contributed by atoms with E-state index < -0.39 is 0 Å². The molecule has 0 radical (unpaired) electrons. The molecule has 2 nitrogen and oxygen atoms in total. The van der Waals surface area contributed by atoms with E-state index in [-0.39, 0.29) is 5.54 Å². The minimum Gasteiger partial charge on any atom is -0.251 e. The first kappa shape index (κ1) is 11.2. The highest BCUT2D eigenvalue weighted by molar-refractivity contribution is 14.1. The second-order valence-corrected chi connectivity index (χ2v) is 6.33. The van der Waals surface area contributed by atoms with Crippen molar-refractivity contribution >= 4 is 61.1 Å². The lowest BCUT2D eigenvalue weighted by Crippen LogP contribution is -2.23. The number of aromatic nitrogens is 2. The molecule has 0 atom stereocenters. The smallest absolute Gasteiger partial charge is 0.137 e. The molecule has 1 heterocycles. The van der Waals surface area contributed by atoms with E-state index in [1.165, 1.54) is 3.57 Å². The standard InChI is InChI=1S/C7H9BrI2N2/c1-7(2,3)12-5(8)4(9)6(10)11-12/h1-3H3. The quantitative estimate of drug-likeness (QED) is 0.548. The van der Waals surface area contributed by atoms with Crippen LogP contribution in [0.3, 0.4) is 0 Å². The van der Waals surface area contributed by atoms with Crippen LogP contribution >= 0.6 is 61.1 Å². The van der Waals surface area contributed by atoms with Crippen LogP contribution in [0.5, 0.6) is 0 Å². The molecular weight excluding hydrogens is 446 g/mol. The van der Waals surface area contributed by atoms with Gasteiger partial charge in [0.1, 0.15) is 8.30 Å². The van der Waals surface area contributed by atoms with Crippen molar-refractivity contribution in [3.63, 3.8) is 0 Å². The molecule has 0 fully saturated rings. The van der Waals surface area contributed by atoms with Crippen molar-refractivity contribution in [3.8, 4) is 0 Å². The van der Waals surface area contributed by atoms with Crippen LogP contribution in [0.2, 0.25) is 0 Å². The summed E-state index contributed by atoms with van der Waals surface area (Å²) in [5.41, 5.74) is 0.0438. The zero-order chi connectivity index (χ0) is 9.52. The topological polar surface area (TPSA) is 17.8 Å². The Kier molecular flexibility index (Phi) is 3.48. The molecule has 0 aliphatic carbocycles. The van der Waals surface area contributed by atoms with Gasteiger partial charge in [-0.15, -0.1) is 0 Å². The SMILES string of the molecule is CC(C)(C)n1nc(I)c(I)c1Br. The normalized spacial score (nSPS) is 12.2. The summed E-state index contributed by atoms with van der Waals surface area (Å²) in [7, 11) is 0. The van der Waals surface area contributed by atoms with Gasteiger partial charge in [0.25, 0.3) is 0 Å². The van der Waals surface area contributed by atoms with Crippen molar-refractivity contribution in [1.29, 1.82) is 0 Å².